The molecule has 1 nitrogen and oxygen atoms in total. The van der Waals surface area contributed by atoms with Crippen LogP contribution < -0.4 is 5.32 Å². The van der Waals surface area contributed by atoms with E-state index in [2.05, 4.69) is 26.1 Å². The van der Waals surface area contributed by atoms with E-state index < -0.39 is 0 Å². The molecule has 0 saturated carbocycles. The van der Waals surface area contributed by atoms with E-state index in [0.717, 1.165) is 5.92 Å². The molecule has 1 N–H and O–H groups in total. The molecule has 0 heterocycles. The smallest absolute Gasteiger partial charge is 0.00206 e. The molecule has 1 unspecified atom stereocenters. The number of hydrogen-bond acceptors (Lipinski definition) is 1. The highest BCUT2D eigenvalue weighted by atomic mass is 14.8. The molecule has 1 heteroatoms. The van der Waals surface area contributed by atoms with Crippen molar-refractivity contribution in [2.45, 2.75) is 72.1 Å². The molecule has 0 fully saturated rings. The van der Waals surface area contributed by atoms with Gasteiger partial charge >= 0.3 is 0 Å². The molecule has 0 aliphatic heterocycles. The molecular formula is C14H31N. The molecule has 0 radical (unpaired) electrons. The molecule has 1 atom stereocenters. The van der Waals surface area contributed by atoms with Gasteiger partial charge in [0.15, 0.2) is 0 Å². The fourth-order valence-corrected chi connectivity index (χ4v) is 1.93. The predicted octanol–water partition coefficient (Wildman–Crippen LogP) is 4.37. The molecule has 0 aromatic heterocycles. The maximum Gasteiger partial charge on any atom is -0.00206 e. The maximum atomic E-state index is 3.60. The van der Waals surface area contributed by atoms with Gasteiger partial charge in [0.05, 0.1) is 0 Å². The summed E-state index contributed by atoms with van der Waals surface area (Å²) in [5, 5.41) is 3.60. The summed E-state index contributed by atoms with van der Waals surface area (Å²) in [6.07, 6.45) is 11.0. The summed E-state index contributed by atoms with van der Waals surface area (Å²) in [5.41, 5.74) is 0. The molecule has 0 aliphatic rings. The van der Waals surface area contributed by atoms with E-state index in [-0.39, 0.29) is 0 Å². The van der Waals surface area contributed by atoms with E-state index >= 15 is 0 Å². The number of nitrogens with one attached hydrogen (secondary N) is 1. The Morgan fingerprint density at radius 3 is 2.20 bits per heavy atom. The van der Waals surface area contributed by atoms with Crippen LogP contribution in [0.25, 0.3) is 0 Å². The van der Waals surface area contributed by atoms with Crippen molar-refractivity contribution < 1.29 is 0 Å². The molecule has 0 saturated heterocycles. The van der Waals surface area contributed by atoms with Crippen LogP contribution in [0.3, 0.4) is 0 Å². The molecule has 0 aromatic carbocycles. The van der Waals surface area contributed by atoms with Crippen LogP contribution in [-0.4, -0.2) is 13.1 Å². The van der Waals surface area contributed by atoms with E-state index in [1.165, 1.54) is 64.5 Å². The second-order valence-corrected chi connectivity index (χ2v) is 4.68. The lowest BCUT2D eigenvalue weighted by Crippen LogP contribution is -2.23. The Kier molecular flexibility index (Phi) is 12.0. The quantitative estimate of drug-likeness (QED) is 0.502. The van der Waals surface area contributed by atoms with Gasteiger partial charge in [-0.15, -0.1) is 0 Å². The lowest BCUT2D eigenvalue weighted by atomic mass is 9.99. The van der Waals surface area contributed by atoms with E-state index in [0.29, 0.717) is 0 Å². The van der Waals surface area contributed by atoms with Crippen LogP contribution in [0.5, 0.6) is 0 Å². The minimum atomic E-state index is 0.913. The third-order valence-electron chi connectivity index (χ3n) is 3.18. The summed E-state index contributed by atoms with van der Waals surface area (Å²) < 4.78 is 0. The van der Waals surface area contributed by atoms with E-state index in [1.54, 1.807) is 0 Å². The first-order chi connectivity index (χ1) is 7.35. The van der Waals surface area contributed by atoms with Gasteiger partial charge in [-0.3, -0.25) is 0 Å². The molecule has 92 valence electrons. The molecule has 0 amide bonds. The van der Waals surface area contributed by atoms with Gasteiger partial charge in [-0.25, -0.2) is 0 Å². The van der Waals surface area contributed by atoms with Crippen molar-refractivity contribution >= 4 is 0 Å². The third-order valence-corrected chi connectivity index (χ3v) is 3.18. The van der Waals surface area contributed by atoms with Crippen molar-refractivity contribution in [3.05, 3.63) is 0 Å². The summed E-state index contributed by atoms with van der Waals surface area (Å²) in [6.45, 7) is 9.33. The predicted molar refractivity (Wildman–Crippen MR) is 70.3 cm³/mol. The fourth-order valence-electron chi connectivity index (χ4n) is 1.93. The normalized spacial score (nSPS) is 13.0. The second kappa shape index (κ2) is 12.0. The molecule has 0 bridgehead atoms. The summed E-state index contributed by atoms with van der Waals surface area (Å²) in [6, 6.07) is 0. The number of rotatable bonds is 11. The minimum Gasteiger partial charge on any atom is -0.316 e. The third kappa shape index (κ3) is 10.2. The number of hydrogen-bond donors (Lipinski definition) is 1. The zero-order valence-corrected chi connectivity index (χ0v) is 11.1. The van der Waals surface area contributed by atoms with Gasteiger partial charge < -0.3 is 5.32 Å². The Balaban J connectivity index is 3.22. The first-order valence-corrected chi connectivity index (χ1v) is 7.05. The van der Waals surface area contributed by atoms with Crippen molar-refractivity contribution in [3.8, 4) is 0 Å². The fraction of sp³-hybridized carbons (Fsp3) is 1.00. The zero-order valence-electron chi connectivity index (χ0n) is 11.1. The van der Waals surface area contributed by atoms with Gasteiger partial charge in [-0.1, -0.05) is 59.3 Å². The van der Waals surface area contributed by atoms with E-state index in [1.807, 2.05) is 0 Å². The Morgan fingerprint density at radius 2 is 1.60 bits per heavy atom. The maximum absolute atomic E-state index is 3.60. The summed E-state index contributed by atoms with van der Waals surface area (Å²) in [5.74, 6) is 0.913. The highest BCUT2D eigenvalue weighted by molar-refractivity contribution is 4.60. The van der Waals surface area contributed by atoms with Crippen LogP contribution in [0.1, 0.15) is 72.1 Å². The first kappa shape index (κ1) is 15.0. The van der Waals surface area contributed by atoms with E-state index in [4.69, 9.17) is 0 Å². The second-order valence-electron chi connectivity index (χ2n) is 4.68. The van der Waals surface area contributed by atoms with Crippen LogP contribution in [0, 0.1) is 5.92 Å². The van der Waals surface area contributed by atoms with Gasteiger partial charge in [-0.05, 0) is 31.8 Å². The van der Waals surface area contributed by atoms with Crippen LogP contribution >= 0.6 is 0 Å². The van der Waals surface area contributed by atoms with Gasteiger partial charge in [0.1, 0.15) is 0 Å². The molecule has 15 heavy (non-hydrogen) atoms. The van der Waals surface area contributed by atoms with Gasteiger partial charge in [0.2, 0.25) is 0 Å². The van der Waals surface area contributed by atoms with Crippen LogP contribution in [0.4, 0.5) is 0 Å². The highest BCUT2D eigenvalue weighted by Crippen LogP contribution is 2.11. The van der Waals surface area contributed by atoms with Crippen molar-refractivity contribution in [3.63, 3.8) is 0 Å². The Hall–Kier alpha value is -0.0400. The van der Waals surface area contributed by atoms with Crippen molar-refractivity contribution in [1.29, 1.82) is 0 Å². The standard InChI is InChI=1S/C14H31N/c1-4-7-9-10-12-15-13-14(6-3)11-8-5-2/h14-15H,4-13H2,1-3H3. The van der Waals surface area contributed by atoms with Crippen molar-refractivity contribution in [1.82, 2.24) is 5.32 Å². The first-order valence-electron chi connectivity index (χ1n) is 7.05. The molecule has 0 rings (SSSR count). The average molecular weight is 213 g/mol. The molecule has 0 aliphatic carbocycles. The Morgan fingerprint density at radius 1 is 0.867 bits per heavy atom. The number of unbranched alkanes of at least 4 members (excludes halogenated alkanes) is 4. The van der Waals surface area contributed by atoms with Crippen molar-refractivity contribution in [2.75, 3.05) is 13.1 Å². The summed E-state index contributed by atoms with van der Waals surface area (Å²) in [4.78, 5) is 0. The average Bonchev–Trinajstić information content (AvgIpc) is 2.27. The SMILES string of the molecule is CCCCCCNCC(CC)CCCC. The van der Waals surface area contributed by atoms with Crippen LogP contribution in [0.15, 0.2) is 0 Å². The summed E-state index contributed by atoms with van der Waals surface area (Å²) >= 11 is 0. The lowest BCUT2D eigenvalue weighted by molar-refractivity contribution is 0.416. The largest absolute Gasteiger partial charge is 0.316 e. The van der Waals surface area contributed by atoms with Crippen LogP contribution in [0.2, 0.25) is 0 Å². The molecule has 0 aromatic rings. The van der Waals surface area contributed by atoms with Gasteiger partial charge in [0, 0.05) is 0 Å². The van der Waals surface area contributed by atoms with E-state index in [9.17, 15) is 0 Å². The highest BCUT2D eigenvalue weighted by Gasteiger charge is 2.04. The van der Waals surface area contributed by atoms with Crippen LogP contribution in [-0.2, 0) is 0 Å². The van der Waals surface area contributed by atoms with Gasteiger partial charge in [-0.2, -0.15) is 0 Å². The van der Waals surface area contributed by atoms with Crippen molar-refractivity contribution in [2.24, 2.45) is 5.92 Å². The zero-order chi connectivity index (χ0) is 11.4. The summed E-state index contributed by atoms with van der Waals surface area (Å²) in [7, 11) is 0. The molecular weight excluding hydrogens is 182 g/mol. The Labute approximate surface area is 97.0 Å². The minimum absolute atomic E-state index is 0.913. The monoisotopic (exact) mass is 213 g/mol. The topological polar surface area (TPSA) is 12.0 Å². The molecule has 0 spiro atoms. The van der Waals surface area contributed by atoms with Gasteiger partial charge in [0.25, 0.3) is 0 Å². The lowest BCUT2D eigenvalue weighted by Gasteiger charge is -2.15. The Bertz CT molecular complexity index is 112.